The van der Waals surface area contributed by atoms with Crippen LogP contribution >= 0.6 is 0 Å². The highest BCUT2D eigenvalue weighted by molar-refractivity contribution is 6.05. The Kier molecular flexibility index (Phi) is 11.2. The average molecular weight is 528 g/mol. The summed E-state index contributed by atoms with van der Waals surface area (Å²) >= 11 is 0. The van der Waals surface area contributed by atoms with Crippen LogP contribution in [0.4, 0.5) is 5.95 Å². The Labute approximate surface area is 223 Å². The molecule has 0 radical (unpaired) electrons. The molecule has 1 heterocycles. The van der Waals surface area contributed by atoms with Gasteiger partial charge in [-0.3, -0.25) is 14.9 Å². The van der Waals surface area contributed by atoms with Gasteiger partial charge in [-0.05, 0) is 42.5 Å². The highest BCUT2D eigenvalue weighted by atomic mass is 16.6. The molecule has 2 N–H and O–H groups in total. The van der Waals surface area contributed by atoms with Gasteiger partial charge >= 0.3 is 0 Å². The number of nitrogens with one attached hydrogen (secondary N) is 2. The summed E-state index contributed by atoms with van der Waals surface area (Å²) in [6.45, 7) is 9.56. The number of fused-ring (bicyclic) bond motifs is 1. The van der Waals surface area contributed by atoms with Gasteiger partial charge in [-0.1, -0.05) is 20.8 Å². The van der Waals surface area contributed by atoms with Crippen LogP contribution in [-0.2, 0) is 18.9 Å². The lowest BCUT2D eigenvalue weighted by Crippen LogP contribution is -2.19. The maximum Gasteiger partial charge on any atom is 0.257 e. The molecule has 0 fully saturated rings. The Morgan fingerprint density at radius 3 is 2.00 bits per heavy atom. The Bertz CT molecular complexity index is 1170. The van der Waals surface area contributed by atoms with Crippen molar-refractivity contribution >= 4 is 28.7 Å². The first kappa shape index (κ1) is 29.2. The molecule has 0 aliphatic heterocycles. The second-order valence-electron chi connectivity index (χ2n) is 9.55. The molecular formula is C28H37N3O7. The number of Topliss-reactive ketones (excluding diaryl/α,β-unsaturated/α-hetero) is 1. The van der Waals surface area contributed by atoms with Crippen molar-refractivity contribution < 1.29 is 33.3 Å². The number of benzene rings is 2. The van der Waals surface area contributed by atoms with Crippen molar-refractivity contribution in [2.75, 3.05) is 65.3 Å². The first-order valence-electron chi connectivity index (χ1n) is 12.6. The zero-order chi connectivity index (χ0) is 27.4. The van der Waals surface area contributed by atoms with Gasteiger partial charge in [0, 0.05) is 23.7 Å². The van der Waals surface area contributed by atoms with Crippen LogP contribution in [0.3, 0.4) is 0 Å². The summed E-state index contributed by atoms with van der Waals surface area (Å²) in [7, 11) is 1.63. The molecule has 0 unspecified atom stereocenters. The van der Waals surface area contributed by atoms with Gasteiger partial charge in [-0.25, -0.2) is 4.98 Å². The summed E-state index contributed by atoms with van der Waals surface area (Å²) in [4.78, 5) is 32.7. The summed E-state index contributed by atoms with van der Waals surface area (Å²) in [5, 5.41) is 2.76. The van der Waals surface area contributed by atoms with Crippen LogP contribution in [-0.4, -0.2) is 81.6 Å². The van der Waals surface area contributed by atoms with E-state index in [0.717, 1.165) is 5.52 Å². The van der Waals surface area contributed by atoms with E-state index in [1.165, 1.54) is 0 Å². The number of hydrogen-bond acceptors (Lipinski definition) is 8. The van der Waals surface area contributed by atoms with E-state index >= 15 is 0 Å². The van der Waals surface area contributed by atoms with Gasteiger partial charge in [0.15, 0.2) is 5.78 Å². The number of aromatic amines is 1. The predicted octanol–water partition coefficient (Wildman–Crippen LogP) is 4.12. The zero-order valence-corrected chi connectivity index (χ0v) is 22.5. The lowest BCUT2D eigenvalue weighted by atomic mass is 9.86. The number of aromatic nitrogens is 2. The Morgan fingerprint density at radius 1 is 0.816 bits per heavy atom. The van der Waals surface area contributed by atoms with Gasteiger partial charge in [0.2, 0.25) is 5.95 Å². The number of carbonyl (C=O) groups excluding carboxylic acids is 2. The molecule has 0 bridgehead atoms. The van der Waals surface area contributed by atoms with Crippen LogP contribution in [0.25, 0.3) is 11.0 Å². The third-order valence-corrected chi connectivity index (χ3v) is 5.45. The second-order valence-corrected chi connectivity index (χ2v) is 9.55. The van der Waals surface area contributed by atoms with E-state index in [4.69, 9.17) is 23.7 Å². The van der Waals surface area contributed by atoms with Crippen molar-refractivity contribution in [1.82, 2.24) is 9.97 Å². The molecular weight excluding hydrogens is 490 g/mol. The number of nitrogens with zero attached hydrogens (tertiary/aromatic N) is 1. The molecule has 0 aliphatic rings. The summed E-state index contributed by atoms with van der Waals surface area (Å²) in [6.07, 6.45) is 0. The molecule has 38 heavy (non-hydrogen) atoms. The summed E-state index contributed by atoms with van der Waals surface area (Å²) in [5.74, 6) is 0.667. The summed E-state index contributed by atoms with van der Waals surface area (Å²) in [6, 6.07) is 12.1. The van der Waals surface area contributed by atoms with Crippen LogP contribution in [0.2, 0.25) is 0 Å². The molecule has 3 aromatic rings. The SMILES string of the molecule is COCCOCCOCCOCCOc1ccc(C(=O)Nc2nc3cc(C(=O)C(C)(C)C)ccc3[nH]2)cc1. The van der Waals surface area contributed by atoms with Crippen molar-refractivity contribution in [3.63, 3.8) is 0 Å². The first-order chi connectivity index (χ1) is 18.3. The van der Waals surface area contributed by atoms with Gasteiger partial charge in [-0.15, -0.1) is 0 Å². The zero-order valence-electron chi connectivity index (χ0n) is 22.5. The molecule has 0 aliphatic carbocycles. The minimum Gasteiger partial charge on any atom is -0.491 e. The first-order valence-corrected chi connectivity index (χ1v) is 12.6. The van der Waals surface area contributed by atoms with Gasteiger partial charge < -0.3 is 28.7 Å². The van der Waals surface area contributed by atoms with E-state index < -0.39 is 5.41 Å². The number of hydrogen-bond donors (Lipinski definition) is 2. The quantitative estimate of drug-likeness (QED) is 0.211. The lowest BCUT2D eigenvalue weighted by Gasteiger charge is -2.16. The van der Waals surface area contributed by atoms with Crippen molar-refractivity contribution in [1.29, 1.82) is 0 Å². The van der Waals surface area contributed by atoms with Gasteiger partial charge in [0.25, 0.3) is 5.91 Å². The second kappa shape index (κ2) is 14.6. The molecule has 10 heteroatoms. The van der Waals surface area contributed by atoms with Crippen LogP contribution in [0.15, 0.2) is 42.5 Å². The highest BCUT2D eigenvalue weighted by Gasteiger charge is 2.23. The van der Waals surface area contributed by atoms with Crippen LogP contribution in [0.5, 0.6) is 5.75 Å². The molecule has 0 spiro atoms. The topological polar surface area (TPSA) is 121 Å². The molecule has 2 aromatic carbocycles. The number of ether oxygens (including phenoxy) is 5. The molecule has 1 amide bonds. The number of amides is 1. The molecule has 0 saturated heterocycles. The average Bonchev–Trinajstić information content (AvgIpc) is 3.30. The number of carbonyl (C=O) groups is 2. The van der Waals surface area contributed by atoms with E-state index in [1.807, 2.05) is 20.8 Å². The fourth-order valence-corrected chi connectivity index (χ4v) is 3.42. The lowest BCUT2D eigenvalue weighted by molar-refractivity contribution is 0.000164. The van der Waals surface area contributed by atoms with Gasteiger partial charge in [-0.2, -0.15) is 0 Å². The summed E-state index contributed by atoms with van der Waals surface area (Å²) < 4.78 is 26.8. The van der Waals surface area contributed by atoms with Crippen LogP contribution in [0.1, 0.15) is 41.5 Å². The largest absolute Gasteiger partial charge is 0.491 e. The molecule has 206 valence electrons. The molecule has 10 nitrogen and oxygen atoms in total. The van der Waals surface area contributed by atoms with E-state index in [1.54, 1.807) is 49.6 Å². The minimum atomic E-state index is -0.487. The number of imidazole rings is 1. The van der Waals surface area contributed by atoms with Crippen LogP contribution in [0, 0.1) is 5.41 Å². The smallest absolute Gasteiger partial charge is 0.257 e. The third kappa shape index (κ3) is 9.21. The van der Waals surface area contributed by atoms with Gasteiger partial charge in [0.1, 0.15) is 12.4 Å². The van der Waals surface area contributed by atoms with Crippen molar-refractivity contribution in [3.05, 3.63) is 53.6 Å². The van der Waals surface area contributed by atoms with E-state index in [-0.39, 0.29) is 11.7 Å². The molecule has 0 saturated carbocycles. The molecule has 1 aromatic heterocycles. The fraction of sp³-hybridized carbons (Fsp3) is 0.464. The third-order valence-electron chi connectivity index (χ3n) is 5.45. The van der Waals surface area contributed by atoms with E-state index in [2.05, 4.69) is 15.3 Å². The fourth-order valence-electron chi connectivity index (χ4n) is 3.42. The Morgan fingerprint density at radius 2 is 1.39 bits per heavy atom. The maximum absolute atomic E-state index is 12.7. The highest BCUT2D eigenvalue weighted by Crippen LogP contribution is 2.24. The predicted molar refractivity (Wildman–Crippen MR) is 144 cm³/mol. The van der Waals surface area contributed by atoms with E-state index in [9.17, 15) is 9.59 Å². The monoisotopic (exact) mass is 527 g/mol. The Balaban J connectivity index is 1.37. The molecule has 3 rings (SSSR count). The number of H-pyrrole nitrogens is 1. The van der Waals surface area contributed by atoms with Crippen molar-refractivity contribution in [3.8, 4) is 5.75 Å². The van der Waals surface area contributed by atoms with Gasteiger partial charge in [0.05, 0.1) is 57.3 Å². The number of ketones is 1. The maximum atomic E-state index is 12.7. The minimum absolute atomic E-state index is 0.0338. The number of anilines is 1. The molecule has 0 atom stereocenters. The number of methoxy groups -OCH3 is 1. The number of rotatable bonds is 16. The normalized spacial score (nSPS) is 11.6. The van der Waals surface area contributed by atoms with Crippen LogP contribution < -0.4 is 10.1 Å². The standard InChI is InChI=1S/C28H37N3O7/c1-28(2,3)25(32)21-7-10-23-24(19-21)30-27(29-23)31-26(33)20-5-8-22(9-6-20)38-18-17-37-16-15-36-14-13-35-12-11-34-4/h5-10,19H,11-18H2,1-4H3,(H2,29,30,31,33). The summed E-state index contributed by atoms with van der Waals surface area (Å²) in [5.41, 5.74) is 1.90. The van der Waals surface area contributed by atoms with E-state index in [0.29, 0.717) is 81.2 Å². The van der Waals surface area contributed by atoms with Crippen molar-refractivity contribution in [2.45, 2.75) is 20.8 Å². The Hall–Kier alpha value is -3.31. The van der Waals surface area contributed by atoms with Crippen molar-refractivity contribution in [2.24, 2.45) is 5.41 Å².